The number of ether oxygens (including phenoxy) is 2. The van der Waals surface area contributed by atoms with Crippen LogP contribution in [0.3, 0.4) is 0 Å². The van der Waals surface area contributed by atoms with Gasteiger partial charge < -0.3 is 19.7 Å². The molecule has 0 bridgehead atoms. The van der Waals surface area contributed by atoms with Crippen LogP contribution in [0.15, 0.2) is 42.5 Å². The number of para-hydroxylation sites is 1. The quantitative estimate of drug-likeness (QED) is 0.661. The third-order valence-electron chi connectivity index (χ3n) is 6.04. The molecule has 0 unspecified atom stereocenters. The molecule has 0 aliphatic carbocycles. The van der Waals surface area contributed by atoms with Gasteiger partial charge in [0.1, 0.15) is 0 Å². The van der Waals surface area contributed by atoms with Crippen molar-refractivity contribution in [2.75, 3.05) is 26.4 Å². The first kappa shape index (κ1) is 19.3. The Morgan fingerprint density at radius 1 is 1.20 bits per heavy atom. The highest BCUT2D eigenvalue weighted by molar-refractivity contribution is 7.18. The van der Waals surface area contributed by atoms with Crippen LogP contribution in [0.2, 0.25) is 0 Å². The van der Waals surface area contributed by atoms with Crippen molar-refractivity contribution >= 4 is 27.5 Å². The SMILES string of the molecule is C[C@@H](NC(=O)C[NH+]1CCC(c2nc3ccccc3s2)CC1)c1ccc2c(c1)OCO2. The second-order valence-electron chi connectivity index (χ2n) is 8.12. The molecule has 5 rings (SSSR count). The molecule has 2 aliphatic heterocycles. The van der Waals surface area contributed by atoms with Gasteiger partial charge in [0.25, 0.3) is 5.91 Å². The van der Waals surface area contributed by atoms with E-state index in [4.69, 9.17) is 14.5 Å². The zero-order valence-corrected chi connectivity index (χ0v) is 17.8. The maximum absolute atomic E-state index is 12.6. The van der Waals surface area contributed by atoms with E-state index in [1.54, 1.807) is 0 Å². The summed E-state index contributed by atoms with van der Waals surface area (Å²) in [7, 11) is 0. The van der Waals surface area contributed by atoms with Crippen LogP contribution in [0.4, 0.5) is 0 Å². The van der Waals surface area contributed by atoms with Crippen molar-refractivity contribution in [1.29, 1.82) is 0 Å². The number of piperidine rings is 1. The van der Waals surface area contributed by atoms with Gasteiger partial charge in [0.2, 0.25) is 6.79 Å². The molecule has 1 atom stereocenters. The zero-order chi connectivity index (χ0) is 20.5. The number of likely N-dealkylation sites (tertiary alicyclic amines) is 1. The molecule has 1 amide bonds. The summed E-state index contributed by atoms with van der Waals surface area (Å²) in [5.74, 6) is 2.12. The number of rotatable bonds is 5. The summed E-state index contributed by atoms with van der Waals surface area (Å²) in [6.07, 6.45) is 2.17. The molecule has 7 heteroatoms. The summed E-state index contributed by atoms with van der Waals surface area (Å²) in [6.45, 7) is 4.79. The van der Waals surface area contributed by atoms with Crippen molar-refractivity contribution in [3.8, 4) is 11.5 Å². The summed E-state index contributed by atoms with van der Waals surface area (Å²) in [6, 6.07) is 14.1. The Hall–Kier alpha value is -2.64. The minimum atomic E-state index is -0.0633. The molecule has 2 aliphatic rings. The number of fused-ring (bicyclic) bond motifs is 2. The molecule has 3 heterocycles. The molecular weight excluding hydrogens is 398 g/mol. The number of hydrogen-bond donors (Lipinski definition) is 2. The van der Waals surface area contributed by atoms with E-state index in [0.717, 1.165) is 48.5 Å². The van der Waals surface area contributed by atoms with Gasteiger partial charge in [0, 0.05) is 18.8 Å². The summed E-state index contributed by atoms with van der Waals surface area (Å²) in [5, 5.41) is 4.38. The molecular formula is C23H26N3O3S+. The zero-order valence-electron chi connectivity index (χ0n) is 17.0. The fraction of sp³-hybridized carbons (Fsp3) is 0.391. The number of nitrogens with zero attached hydrogens (tertiary/aromatic N) is 1. The monoisotopic (exact) mass is 424 g/mol. The number of carbonyl (C=O) groups is 1. The second-order valence-corrected chi connectivity index (χ2v) is 9.19. The van der Waals surface area contributed by atoms with Crippen LogP contribution in [0.1, 0.15) is 42.3 Å². The lowest BCUT2D eigenvalue weighted by atomic mass is 9.97. The lowest BCUT2D eigenvalue weighted by molar-refractivity contribution is -0.897. The molecule has 1 aromatic heterocycles. The van der Waals surface area contributed by atoms with Crippen LogP contribution in [-0.4, -0.2) is 37.3 Å². The van der Waals surface area contributed by atoms with Crippen molar-refractivity contribution in [2.45, 2.75) is 31.7 Å². The fourth-order valence-corrected chi connectivity index (χ4v) is 5.44. The number of carbonyl (C=O) groups excluding carboxylic acids is 1. The number of thiazole rings is 1. The first-order valence-corrected chi connectivity index (χ1v) is 11.4. The molecule has 0 saturated carbocycles. The van der Waals surface area contributed by atoms with E-state index in [-0.39, 0.29) is 18.7 Å². The van der Waals surface area contributed by atoms with Gasteiger partial charge in [-0.05, 0) is 36.8 Å². The maximum Gasteiger partial charge on any atom is 0.275 e. The average Bonchev–Trinajstić information content (AvgIpc) is 3.40. The predicted molar refractivity (Wildman–Crippen MR) is 116 cm³/mol. The minimum absolute atomic E-state index is 0.0633. The Morgan fingerprint density at radius 3 is 2.83 bits per heavy atom. The third kappa shape index (κ3) is 4.00. The minimum Gasteiger partial charge on any atom is -0.454 e. The Labute approximate surface area is 179 Å². The largest absolute Gasteiger partial charge is 0.454 e. The van der Waals surface area contributed by atoms with Crippen molar-refractivity contribution in [3.63, 3.8) is 0 Å². The van der Waals surface area contributed by atoms with E-state index in [1.807, 2.05) is 42.5 Å². The van der Waals surface area contributed by atoms with Crippen LogP contribution in [-0.2, 0) is 4.79 Å². The standard InChI is InChI=1S/C23H25N3O3S/c1-15(17-6-7-19-20(12-17)29-14-28-19)24-22(27)13-26-10-8-16(9-11-26)23-25-18-4-2-3-5-21(18)30-23/h2-7,12,15-16H,8-11,13-14H2,1H3,(H,24,27)/p+1/t15-/m1/s1. The van der Waals surface area contributed by atoms with Crippen molar-refractivity contribution < 1.29 is 19.2 Å². The summed E-state index contributed by atoms with van der Waals surface area (Å²) < 4.78 is 12.1. The van der Waals surface area contributed by atoms with E-state index in [9.17, 15) is 4.79 Å². The van der Waals surface area contributed by atoms with Crippen LogP contribution >= 0.6 is 11.3 Å². The van der Waals surface area contributed by atoms with Gasteiger partial charge in [-0.2, -0.15) is 0 Å². The van der Waals surface area contributed by atoms with Crippen molar-refractivity contribution in [2.24, 2.45) is 0 Å². The first-order valence-electron chi connectivity index (χ1n) is 10.5. The van der Waals surface area contributed by atoms with Gasteiger partial charge in [-0.25, -0.2) is 4.98 Å². The summed E-state index contributed by atoms with van der Waals surface area (Å²) in [5.41, 5.74) is 2.13. The fourth-order valence-electron chi connectivity index (χ4n) is 4.30. The summed E-state index contributed by atoms with van der Waals surface area (Å²) >= 11 is 1.81. The lowest BCUT2D eigenvalue weighted by Crippen LogP contribution is -3.14. The highest BCUT2D eigenvalue weighted by Crippen LogP contribution is 2.34. The van der Waals surface area contributed by atoms with Gasteiger partial charge in [-0.1, -0.05) is 18.2 Å². The molecule has 0 radical (unpaired) electrons. The highest BCUT2D eigenvalue weighted by atomic mass is 32.1. The van der Waals surface area contributed by atoms with Gasteiger partial charge in [0.05, 0.1) is 34.4 Å². The molecule has 2 aromatic carbocycles. The van der Waals surface area contributed by atoms with E-state index >= 15 is 0 Å². The maximum atomic E-state index is 12.6. The Bertz CT molecular complexity index is 1030. The number of quaternary nitrogens is 1. The van der Waals surface area contributed by atoms with Crippen LogP contribution in [0.25, 0.3) is 10.2 Å². The van der Waals surface area contributed by atoms with Gasteiger partial charge in [-0.3, -0.25) is 4.79 Å². The molecule has 1 saturated heterocycles. The Balaban J connectivity index is 1.13. The number of amides is 1. The smallest absolute Gasteiger partial charge is 0.275 e. The number of benzene rings is 2. The van der Waals surface area contributed by atoms with Gasteiger partial charge >= 0.3 is 0 Å². The van der Waals surface area contributed by atoms with E-state index in [2.05, 4.69) is 23.5 Å². The number of nitrogens with one attached hydrogen (secondary N) is 2. The molecule has 6 nitrogen and oxygen atoms in total. The number of hydrogen-bond acceptors (Lipinski definition) is 5. The topological polar surface area (TPSA) is 64.9 Å². The second kappa shape index (κ2) is 8.24. The van der Waals surface area contributed by atoms with E-state index < -0.39 is 0 Å². The number of aromatic nitrogens is 1. The van der Waals surface area contributed by atoms with Crippen LogP contribution < -0.4 is 19.7 Å². The average molecular weight is 425 g/mol. The van der Waals surface area contributed by atoms with Crippen LogP contribution in [0.5, 0.6) is 11.5 Å². The van der Waals surface area contributed by atoms with Crippen LogP contribution in [0, 0.1) is 0 Å². The molecule has 156 valence electrons. The molecule has 0 spiro atoms. The molecule has 3 aromatic rings. The third-order valence-corrected chi connectivity index (χ3v) is 7.24. The Morgan fingerprint density at radius 2 is 2.00 bits per heavy atom. The van der Waals surface area contributed by atoms with E-state index in [1.165, 1.54) is 14.6 Å². The van der Waals surface area contributed by atoms with Crippen molar-refractivity contribution in [1.82, 2.24) is 10.3 Å². The molecule has 30 heavy (non-hydrogen) atoms. The first-order chi connectivity index (χ1) is 14.7. The summed E-state index contributed by atoms with van der Waals surface area (Å²) in [4.78, 5) is 18.8. The van der Waals surface area contributed by atoms with Gasteiger partial charge in [0.15, 0.2) is 18.0 Å². The van der Waals surface area contributed by atoms with Crippen molar-refractivity contribution in [3.05, 3.63) is 53.0 Å². The highest BCUT2D eigenvalue weighted by Gasteiger charge is 2.27. The van der Waals surface area contributed by atoms with E-state index in [0.29, 0.717) is 12.5 Å². The normalized spacial score (nSPS) is 21.5. The van der Waals surface area contributed by atoms with Gasteiger partial charge in [-0.15, -0.1) is 11.3 Å². The lowest BCUT2D eigenvalue weighted by Gasteiger charge is -2.28. The molecule has 2 N–H and O–H groups in total. The predicted octanol–water partition coefficient (Wildman–Crippen LogP) is 2.66. The Kier molecular flexibility index (Phi) is 5.31. The molecule has 1 fully saturated rings.